The highest BCUT2D eigenvalue weighted by molar-refractivity contribution is 9.10. The van der Waals surface area contributed by atoms with E-state index in [1.54, 1.807) is 12.1 Å². The number of nitrogens with zero attached hydrogens (tertiary/aromatic N) is 1. The number of rotatable bonds is 2. The van der Waals surface area contributed by atoms with Gasteiger partial charge in [0, 0.05) is 10.7 Å². The van der Waals surface area contributed by atoms with Crippen molar-refractivity contribution in [3.8, 4) is 6.07 Å². The van der Waals surface area contributed by atoms with Crippen LogP contribution in [-0.2, 0) is 16.3 Å². The van der Waals surface area contributed by atoms with Crippen LogP contribution >= 0.6 is 15.9 Å². The fraction of sp³-hybridized carbons (Fsp3) is 0.222. The van der Waals surface area contributed by atoms with E-state index >= 15 is 0 Å². The van der Waals surface area contributed by atoms with Crippen molar-refractivity contribution in [2.24, 2.45) is 0 Å². The third kappa shape index (κ3) is 2.56. The molecule has 1 rings (SSSR count). The van der Waals surface area contributed by atoms with Gasteiger partial charge in [-0.3, -0.25) is 0 Å². The average Bonchev–Trinajstić information content (AvgIpc) is 2.02. The van der Waals surface area contributed by atoms with Crippen molar-refractivity contribution in [3.05, 3.63) is 28.2 Å². The number of benzene rings is 1. The molecule has 74 valence electrons. The molecule has 0 aliphatic carbocycles. The van der Waals surface area contributed by atoms with E-state index in [0.717, 1.165) is 11.8 Å². The van der Waals surface area contributed by atoms with Crippen molar-refractivity contribution in [2.75, 3.05) is 6.26 Å². The molecule has 0 radical (unpaired) electrons. The molecule has 0 saturated heterocycles. The van der Waals surface area contributed by atoms with E-state index < -0.39 is 9.84 Å². The molecule has 0 aliphatic rings. The molecule has 1 aromatic carbocycles. The molecule has 0 atom stereocenters. The van der Waals surface area contributed by atoms with Crippen LogP contribution in [0.2, 0.25) is 0 Å². The van der Waals surface area contributed by atoms with E-state index in [1.807, 2.05) is 6.07 Å². The van der Waals surface area contributed by atoms with Crippen LogP contribution in [0, 0.1) is 11.3 Å². The summed E-state index contributed by atoms with van der Waals surface area (Å²) in [5.74, 6) is 0. The van der Waals surface area contributed by atoms with Crippen LogP contribution in [-0.4, -0.2) is 14.7 Å². The van der Waals surface area contributed by atoms with Gasteiger partial charge in [0.2, 0.25) is 0 Å². The number of hydrogen-bond acceptors (Lipinski definition) is 3. The summed E-state index contributed by atoms with van der Waals surface area (Å²) in [6, 6.07) is 6.80. The molecule has 5 heteroatoms. The van der Waals surface area contributed by atoms with Gasteiger partial charge in [0.25, 0.3) is 0 Å². The minimum absolute atomic E-state index is 0.249. The third-order valence-corrected chi connectivity index (χ3v) is 3.75. The largest absolute Gasteiger partial charge is 0.224 e. The second-order valence-corrected chi connectivity index (χ2v) is 5.71. The van der Waals surface area contributed by atoms with Gasteiger partial charge in [-0.2, -0.15) is 5.26 Å². The number of nitriles is 1. The van der Waals surface area contributed by atoms with Gasteiger partial charge in [-0.1, -0.05) is 6.07 Å². The highest BCUT2D eigenvalue weighted by atomic mass is 79.9. The van der Waals surface area contributed by atoms with E-state index in [9.17, 15) is 8.42 Å². The number of hydrogen-bond donors (Lipinski definition) is 0. The Morgan fingerprint density at radius 1 is 1.50 bits per heavy atom. The van der Waals surface area contributed by atoms with Crippen molar-refractivity contribution in [1.29, 1.82) is 5.26 Å². The Hall–Kier alpha value is -0.860. The zero-order valence-electron chi connectivity index (χ0n) is 7.49. The monoisotopic (exact) mass is 273 g/mol. The summed E-state index contributed by atoms with van der Waals surface area (Å²) >= 11 is 3.16. The molecule has 0 fully saturated rings. The fourth-order valence-corrected chi connectivity index (χ4v) is 3.08. The van der Waals surface area contributed by atoms with Gasteiger partial charge in [-0.25, -0.2) is 8.42 Å². The minimum Gasteiger partial charge on any atom is -0.224 e. The molecular weight excluding hydrogens is 266 g/mol. The normalized spacial score (nSPS) is 10.9. The summed E-state index contributed by atoms with van der Waals surface area (Å²) < 4.78 is 23.0. The van der Waals surface area contributed by atoms with Crippen molar-refractivity contribution in [2.45, 2.75) is 11.3 Å². The highest BCUT2D eigenvalue weighted by Gasteiger charge is 2.11. The lowest BCUT2D eigenvalue weighted by molar-refractivity contribution is 0.601. The van der Waals surface area contributed by atoms with Crippen LogP contribution in [0.4, 0.5) is 0 Å². The van der Waals surface area contributed by atoms with Crippen LogP contribution in [0.3, 0.4) is 0 Å². The molecule has 0 unspecified atom stereocenters. The lowest BCUT2D eigenvalue weighted by Gasteiger charge is -2.02. The van der Waals surface area contributed by atoms with Gasteiger partial charge in [0.05, 0.1) is 17.4 Å². The first kappa shape index (κ1) is 11.2. The molecule has 0 heterocycles. The Morgan fingerprint density at radius 3 is 2.57 bits per heavy atom. The van der Waals surface area contributed by atoms with Crippen LogP contribution < -0.4 is 0 Å². The van der Waals surface area contributed by atoms with E-state index in [0.29, 0.717) is 4.47 Å². The van der Waals surface area contributed by atoms with Gasteiger partial charge in [0.1, 0.15) is 0 Å². The van der Waals surface area contributed by atoms with Gasteiger partial charge < -0.3 is 0 Å². The first-order valence-corrected chi connectivity index (χ1v) is 6.49. The van der Waals surface area contributed by atoms with Crippen molar-refractivity contribution in [3.63, 3.8) is 0 Å². The Balaban J connectivity index is 3.23. The summed E-state index contributed by atoms with van der Waals surface area (Å²) in [5, 5.41) is 8.46. The lowest BCUT2D eigenvalue weighted by atomic mass is 10.2. The summed E-state index contributed by atoms with van der Waals surface area (Å²) in [4.78, 5) is 0.249. The zero-order chi connectivity index (χ0) is 10.8. The van der Waals surface area contributed by atoms with Gasteiger partial charge in [-0.05, 0) is 33.6 Å². The van der Waals surface area contributed by atoms with Crippen LogP contribution in [0.15, 0.2) is 27.6 Å². The second kappa shape index (κ2) is 4.11. The molecule has 0 saturated carbocycles. The third-order valence-electron chi connectivity index (χ3n) is 1.68. The molecule has 0 aromatic heterocycles. The molecule has 14 heavy (non-hydrogen) atoms. The molecule has 0 spiro atoms. The van der Waals surface area contributed by atoms with Crippen LogP contribution in [0.5, 0.6) is 0 Å². The van der Waals surface area contributed by atoms with E-state index in [4.69, 9.17) is 5.26 Å². The summed E-state index contributed by atoms with van der Waals surface area (Å²) in [7, 11) is -3.19. The number of sulfone groups is 1. The molecule has 0 bridgehead atoms. The predicted octanol–water partition coefficient (Wildman–Crippen LogP) is 1.92. The Morgan fingerprint density at radius 2 is 2.14 bits per heavy atom. The maximum Gasteiger partial charge on any atom is 0.176 e. The van der Waals surface area contributed by atoms with E-state index in [-0.39, 0.29) is 11.3 Å². The molecule has 3 nitrogen and oxygen atoms in total. The highest BCUT2D eigenvalue weighted by Crippen LogP contribution is 2.23. The number of halogens is 1. The molecule has 0 N–H and O–H groups in total. The van der Waals surface area contributed by atoms with Gasteiger partial charge in [0.15, 0.2) is 9.84 Å². The van der Waals surface area contributed by atoms with Crippen molar-refractivity contribution < 1.29 is 8.42 Å². The summed E-state index contributed by atoms with van der Waals surface area (Å²) in [5.41, 5.74) is 0.798. The molecule has 0 aliphatic heterocycles. The predicted molar refractivity (Wildman–Crippen MR) is 56.6 cm³/mol. The first-order chi connectivity index (χ1) is 6.45. The van der Waals surface area contributed by atoms with E-state index in [2.05, 4.69) is 15.9 Å². The molecule has 1 aromatic rings. The minimum atomic E-state index is -3.19. The van der Waals surface area contributed by atoms with E-state index in [1.165, 1.54) is 6.07 Å². The summed E-state index contributed by atoms with van der Waals surface area (Å²) in [6.07, 6.45) is 1.43. The second-order valence-electron chi connectivity index (χ2n) is 2.87. The topological polar surface area (TPSA) is 57.9 Å². The first-order valence-electron chi connectivity index (χ1n) is 3.80. The lowest BCUT2D eigenvalue weighted by Crippen LogP contribution is -1.98. The Kier molecular flexibility index (Phi) is 3.29. The quantitative estimate of drug-likeness (QED) is 0.827. The van der Waals surface area contributed by atoms with Crippen LogP contribution in [0.1, 0.15) is 5.56 Å². The van der Waals surface area contributed by atoms with Gasteiger partial charge in [-0.15, -0.1) is 0 Å². The van der Waals surface area contributed by atoms with Gasteiger partial charge >= 0.3 is 0 Å². The zero-order valence-corrected chi connectivity index (χ0v) is 9.89. The van der Waals surface area contributed by atoms with Crippen LogP contribution in [0.25, 0.3) is 0 Å². The standard InChI is InChI=1S/C9H8BrNO2S/c1-14(12,13)9-3-2-7(4-5-11)6-8(9)10/h2-3,6H,4H2,1H3. The molecule has 0 amide bonds. The van der Waals surface area contributed by atoms with Crippen molar-refractivity contribution >= 4 is 25.8 Å². The maximum absolute atomic E-state index is 11.2. The average molecular weight is 274 g/mol. The SMILES string of the molecule is CS(=O)(=O)c1ccc(CC#N)cc1Br. The molecular formula is C9H8BrNO2S. The Labute approximate surface area is 91.4 Å². The smallest absolute Gasteiger partial charge is 0.176 e. The fourth-order valence-electron chi connectivity index (χ4n) is 1.05. The maximum atomic E-state index is 11.2. The Bertz CT molecular complexity index is 488. The summed E-state index contributed by atoms with van der Waals surface area (Å²) in [6.45, 7) is 0. The van der Waals surface area contributed by atoms with Crippen molar-refractivity contribution in [1.82, 2.24) is 0 Å².